The van der Waals surface area contributed by atoms with Gasteiger partial charge in [-0.1, -0.05) is 24.3 Å². The number of carbonyl (C=O) groups is 1. The minimum atomic E-state index is -0.712. The molecule has 0 saturated carbocycles. The van der Waals surface area contributed by atoms with Gasteiger partial charge < -0.3 is 15.2 Å². The third kappa shape index (κ3) is 4.15. The van der Waals surface area contributed by atoms with Crippen LogP contribution in [0.25, 0.3) is 10.9 Å². The molecule has 0 spiro atoms. The van der Waals surface area contributed by atoms with Gasteiger partial charge in [0.25, 0.3) is 5.91 Å². The number of para-hydroxylation sites is 1. The van der Waals surface area contributed by atoms with Crippen molar-refractivity contribution in [2.24, 2.45) is 0 Å². The van der Waals surface area contributed by atoms with Crippen LogP contribution in [0.1, 0.15) is 23.0 Å². The van der Waals surface area contributed by atoms with Crippen LogP contribution < -0.4 is 15.5 Å². The van der Waals surface area contributed by atoms with Crippen molar-refractivity contribution in [3.63, 3.8) is 0 Å². The molecule has 27 heavy (non-hydrogen) atoms. The van der Waals surface area contributed by atoms with Gasteiger partial charge in [-0.25, -0.2) is 0 Å². The molecule has 1 heterocycles. The molecule has 0 aliphatic rings. The van der Waals surface area contributed by atoms with Crippen molar-refractivity contribution in [3.05, 3.63) is 70.0 Å². The molecule has 1 aromatic heterocycles. The first-order valence-corrected chi connectivity index (χ1v) is 8.58. The molecule has 2 N–H and O–H groups in total. The number of rotatable bonds is 6. The highest BCUT2D eigenvalue weighted by molar-refractivity contribution is 5.95. The van der Waals surface area contributed by atoms with Crippen LogP contribution in [0.15, 0.2) is 53.3 Å². The maximum absolute atomic E-state index is 12.7. The zero-order valence-corrected chi connectivity index (χ0v) is 15.2. The second-order valence-electron chi connectivity index (χ2n) is 6.26. The van der Waals surface area contributed by atoms with Crippen LogP contribution in [-0.4, -0.2) is 40.6 Å². The first-order chi connectivity index (χ1) is 13.0. The molecular formula is C20H21N3O4. The number of aromatic nitrogens is 2. The third-order valence-corrected chi connectivity index (χ3v) is 4.13. The molecular weight excluding hydrogens is 346 g/mol. The van der Waals surface area contributed by atoms with Gasteiger partial charge >= 0.3 is 0 Å². The van der Waals surface area contributed by atoms with Crippen LogP contribution >= 0.6 is 0 Å². The molecule has 0 fully saturated rings. The van der Waals surface area contributed by atoms with Crippen LogP contribution in [0.3, 0.4) is 0 Å². The molecule has 7 nitrogen and oxygen atoms in total. The summed E-state index contributed by atoms with van der Waals surface area (Å²) in [5, 5.41) is 16.6. The smallest absolute Gasteiger partial charge is 0.275 e. The third-order valence-electron chi connectivity index (χ3n) is 4.13. The van der Waals surface area contributed by atoms with E-state index in [1.807, 2.05) is 30.3 Å². The Kier molecular flexibility index (Phi) is 5.52. The second kappa shape index (κ2) is 8.01. The number of aliphatic hydroxyl groups is 1. The fourth-order valence-corrected chi connectivity index (χ4v) is 2.74. The zero-order chi connectivity index (χ0) is 19.4. The number of amides is 1. The number of carbonyl (C=O) groups excluding carboxylic acids is 1. The molecule has 0 aliphatic heterocycles. The highest BCUT2D eigenvalue weighted by Crippen LogP contribution is 2.15. The quantitative estimate of drug-likeness (QED) is 0.690. The van der Waals surface area contributed by atoms with Gasteiger partial charge in [0, 0.05) is 11.9 Å². The largest absolute Gasteiger partial charge is 0.497 e. The van der Waals surface area contributed by atoms with E-state index in [0.717, 1.165) is 11.3 Å². The van der Waals surface area contributed by atoms with E-state index in [1.54, 1.807) is 36.9 Å². The molecule has 0 aliphatic carbocycles. The van der Waals surface area contributed by atoms with Gasteiger partial charge in [0.2, 0.25) is 5.43 Å². The topological polar surface area (TPSA) is 93.5 Å². The number of nitrogens with zero attached hydrogens (tertiary/aromatic N) is 2. The Hall–Kier alpha value is -3.19. The van der Waals surface area contributed by atoms with Crippen molar-refractivity contribution in [1.82, 2.24) is 15.1 Å². The van der Waals surface area contributed by atoms with Gasteiger partial charge in [-0.2, -0.15) is 5.10 Å². The molecule has 3 aromatic rings. The molecule has 0 bridgehead atoms. The lowest BCUT2D eigenvalue weighted by Crippen LogP contribution is -2.35. The highest BCUT2D eigenvalue weighted by atomic mass is 16.5. The van der Waals surface area contributed by atoms with Crippen molar-refractivity contribution in [2.45, 2.75) is 19.6 Å². The summed E-state index contributed by atoms with van der Waals surface area (Å²) in [5.74, 6) is 0.143. The van der Waals surface area contributed by atoms with Crippen molar-refractivity contribution in [3.8, 4) is 5.75 Å². The normalized spacial score (nSPS) is 12.0. The summed E-state index contributed by atoms with van der Waals surface area (Å²) in [6, 6.07) is 14.5. The van der Waals surface area contributed by atoms with Gasteiger partial charge in [0.05, 0.1) is 25.3 Å². The van der Waals surface area contributed by atoms with Crippen LogP contribution in [0.5, 0.6) is 5.75 Å². The Bertz CT molecular complexity index is 1010. The van der Waals surface area contributed by atoms with E-state index in [-0.39, 0.29) is 12.2 Å². The second-order valence-corrected chi connectivity index (χ2v) is 6.26. The first kappa shape index (κ1) is 18.6. The monoisotopic (exact) mass is 367 g/mol. The van der Waals surface area contributed by atoms with E-state index in [4.69, 9.17) is 4.74 Å². The van der Waals surface area contributed by atoms with Gasteiger partial charge in [-0.3, -0.25) is 14.3 Å². The molecule has 3 rings (SSSR count). The fraction of sp³-hybridized carbons (Fsp3) is 0.250. The van der Waals surface area contributed by atoms with Crippen molar-refractivity contribution in [2.75, 3.05) is 13.7 Å². The molecule has 2 aromatic carbocycles. The average molecular weight is 367 g/mol. The van der Waals surface area contributed by atoms with E-state index >= 15 is 0 Å². The first-order valence-electron chi connectivity index (χ1n) is 8.58. The lowest BCUT2D eigenvalue weighted by Gasteiger charge is -2.13. The molecule has 1 atom stereocenters. The molecule has 0 saturated heterocycles. The van der Waals surface area contributed by atoms with Crippen molar-refractivity contribution >= 4 is 16.8 Å². The summed E-state index contributed by atoms with van der Waals surface area (Å²) in [4.78, 5) is 25.1. The highest BCUT2D eigenvalue weighted by Gasteiger charge is 2.17. The fourth-order valence-electron chi connectivity index (χ4n) is 2.74. The Morgan fingerprint density at radius 1 is 1.22 bits per heavy atom. The summed E-state index contributed by atoms with van der Waals surface area (Å²) < 4.78 is 6.80. The number of fused-ring (bicyclic) bond motifs is 1. The number of benzene rings is 2. The summed E-state index contributed by atoms with van der Waals surface area (Å²) in [5.41, 5.74) is 0.973. The number of hydrogen-bond acceptors (Lipinski definition) is 5. The van der Waals surface area contributed by atoms with Crippen LogP contribution in [0.4, 0.5) is 0 Å². The summed E-state index contributed by atoms with van der Waals surface area (Å²) in [6.07, 6.45) is -0.712. The lowest BCUT2D eigenvalue weighted by molar-refractivity contribution is 0.0916. The number of nitrogens with one attached hydrogen (secondary N) is 1. The number of aliphatic hydroxyl groups excluding tert-OH is 1. The number of methoxy groups -OCH3 is 1. The van der Waals surface area contributed by atoms with E-state index in [0.29, 0.717) is 17.4 Å². The molecule has 0 radical (unpaired) electrons. The van der Waals surface area contributed by atoms with Crippen LogP contribution in [0.2, 0.25) is 0 Å². The maximum atomic E-state index is 12.7. The van der Waals surface area contributed by atoms with Gasteiger partial charge in [-0.05, 0) is 36.8 Å². The van der Waals surface area contributed by atoms with Crippen molar-refractivity contribution < 1.29 is 14.6 Å². The van der Waals surface area contributed by atoms with Crippen molar-refractivity contribution in [1.29, 1.82) is 0 Å². The van der Waals surface area contributed by atoms with E-state index < -0.39 is 17.4 Å². The zero-order valence-electron chi connectivity index (χ0n) is 15.2. The Labute approximate surface area is 156 Å². The Morgan fingerprint density at radius 3 is 2.59 bits per heavy atom. The van der Waals surface area contributed by atoms with E-state index in [9.17, 15) is 14.7 Å². The maximum Gasteiger partial charge on any atom is 0.275 e. The molecule has 140 valence electrons. The molecule has 1 amide bonds. The van der Waals surface area contributed by atoms with Gasteiger partial charge in [-0.15, -0.1) is 0 Å². The molecule has 7 heteroatoms. The summed E-state index contributed by atoms with van der Waals surface area (Å²) in [6.45, 7) is 1.99. The SMILES string of the molecule is COc1ccc(Cn2nc(C(=O)NC[C@@H](C)O)c(=O)c3ccccc32)cc1. The minimum absolute atomic E-state index is 0.0469. The van der Waals surface area contributed by atoms with Crippen LogP contribution in [0, 0.1) is 0 Å². The standard InChI is InChI=1S/C20H21N3O4/c1-13(24)11-21-20(26)18-19(25)16-5-3-4-6-17(16)23(22-18)12-14-7-9-15(27-2)10-8-14/h3-10,13,24H,11-12H2,1-2H3,(H,21,26)/t13-/m1/s1. The summed E-state index contributed by atoms with van der Waals surface area (Å²) >= 11 is 0. The average Bonchev–Trinajstić information content (AvgIpc) is 2.69. The number of ether oxygens (including phenoxy) is 1. The predicted molar refractivity (Wildman–Crippen MR) is 102 cm³/mol. The van der Waals surface area contributed by atoms with Gasteiger partial charge in [0.15, 0.2) is 5.69 Å². The van der Waals surface area contributed by atoms with Gasteiger partial charge in [0.1, 0.15) is 5.75 Å². The Morgan fingerprint density at radius 2 is 1.93 bits per heavy atom. The minimum Gasteiger partial charge on any atom is -0.497 e. The predicted octanol–water partition coefficient (Wildman–Crippen LogP) is 1.56. The summed E-state index contributed by atoms with van der Waals surface area (Å²) in [7, 11) is 1.60. The van der Waals surface area contributed by atoms with Crippen LogP contribution in [-0.2, 0) is 6.54 Å². The number of hydrogen-bond donors (Lipinski definition) is 2. The van der Waals surface area contributed by atoms with E-state index in [1.165, 1.54) is 0 Å². The van der Waals surface area contributed by atoms with E-state index in [2.05, 4.69) is 10.4 Å². The Balaban J connectivity index is 2.03. The lowest BCUT2D eigenvalue weighted by atomic mass is 10.1. The molecule has 0 unspecified atom stereocenters.